The minimum absolute atomic E-state index is 0.0703. The number of aromatic nitrogens is 1. The fourth-order valence-corrected chi connectivity index (χ4v) is 3.71. The lowest BCUT2D eigenvalue weighted by molar-refractivity contribution is -0.132. The molecular weight excluding hydrogens is 396 g/mol. The van der Waals surface area contributed by atoms with E-state index in [9.17, 15) is 14.7 Å². The second kappa shape index (κ2) is 8.31. The van der Waals surface area contributed by atoms with Crippen LogP contribution < -0.4 is 14.4 Å². The van der Waals surface area contributed by atoms with Crippen LogP contribution in [0.3, 0.4) is 0 Å². The van der Waals surface area contributed by atoms with Gasteiger partial charge in [0.05, 0.1) is 36.7 Å². The number of aliphatic hydroxyl groups excluding tert-OH is 1. The molecule has 0 radical (unpaired) electrons. The Labute approximate surface area is 179 Å². The molecule has 1 N–H and O–H groups in total. The molecule has 156 valence electrons. The molecule has 0 bridgehead atoms. The van der Waals surface area contributed by atoms with E-state index in [1.807, 2.05) is 0 Å². The first-order valence-corrected chi connectivity index (χ1v) is 9.56. The second-order valence-corrected chi connectivity index (χ2v) is 6.80. The third-order valence-corrected chi connectivity index (χ3v) is 5.12. The number of ether oxygens (including phenoxy) is 2. The summed E-state index contributed by atoms with van der Waals surface area (Å²) in [5.41, 5.74) is 1.08. The molecule has 1 atom stereocenters. The summed E-state index contributed by atoms with van der Waals surface area (Å²) >= 11 is 0. The van der Waals surface area contributed by atoms with Crippen LogP contribution in [0, 0.1) is 0 Å². The standard InChI is InChI=1S/C24H20N2O5/c1-30-18-12-5-3-9-15(18)22(27)20-21(16-10-7-8-14-25-16)26(24(29)23(20)28)17-11-4-6-13-19(17)31-2/h3-14,21,27H,1-2H3/b22-20-. The molecule has 0 aliphatic carbocycles. The maximum absolute atomic E-state index is 13.2. The minimum Gasteiger partial charge on any atom is -0.507 e. The molecule has 4 rings (SSSR count). The highest BCUT2D eigenvalue weighted by Crippen LogP contribution is 2.44. The first kappa shape index (κ1) is 20.2. The number of pyridine rings is 1. The highest BCUT2D eigenvalue weighted by atomic mass is 16.5. The fraction of sp³-hybridized carbons (Fsp3) is 0.125. The predicted molar refractivity (Wildman–Crippen MR) is 115 cm³/mol. The number of methoxy groups -OCH3 is 2. The van der Waals surface area contributed by atoms with Crippen molar-refractivity contribution in [2.75, 3.05) is 19.1 Å². The Balaban J connectivity index is 1.99. The number of aliphatic hydroxyl groups is 1. The van der Waals surface area contributed by atoms with Crippen LogP contribution in [0.2, 0.25) is 0 Å². The van der Waals surface area contributed by atoms with Gasteiger partial charge in [0.2, 0.25) is 0 Å². The lowest BCUT2D eigenvalue weighted by Gasteiger charge is -2.26. The molecule has 31 heavy (non-hydrogen) atoms. The number of anilines is 1. The average Bonchev–Trinajstić information content (AvgIpc) is 3.09. The Morgan fingerprint density at radius 2 is 1.55 bits per heavy atom. The van der Waals surface area contributed by atoms with Crippen LogP contribution in [-0.2, 0) is 9.59 Å². The summed E-state index contributed by atoms with van der Waals surface area (Å²) in [7, 11) is 2.95. The Kier molecular flexibility index (Phi) is 5.41. The summed E-state index contributed by atoms with van der Waals surface area (Å²) in [6.45, 7) is 0. The molecule has 7 nitrogen and oxygen atoms in total. The van der Waals surface area contributed by atoms with Crippen molar-refractivity contribution in [1.82, 2.24) is 4.98 Å². The first-order chi connectivity index (χ1) is 15.1. The molecule has 1 saturated heterocycles. The zero-order valence-electron chi connectivity index (χ0n) is 17.0. The van der Waals surface area contributed by atoms with Gasteiger partial charge in [0.25, 0.3) is 11.7 Å². The van der Waals surface area contributed by atoms with E-state index in [2.05, 4.69) is 4.98 Å². The lowest BCUT2D eigenvalue weighted by atomic mass is 9.97. The van der Waals surface area contributed by atoms with Gasteiger partial charge in [0.1, 0.15) is 23.3 Å². The Morgan fingerprint density at radius 1 is 0.903 bits per heavy atom. The van der Waals surface area contributed by atoms with Gasteiger partial charge in [0, 0.05) is 6.20 Å². The largest absolute Gasteiger partial charge is 0.507 e. The number of amides is 1. The van der Waals surface area contributed by atoms with Crippen molar-refractivity contribution in [3.63, 3.8) is 0 Å². The summed E-state index contributed by atoms with van der Waals surface area (Å²) in [6, 6.07) is 17.9. The van der Waals surface area contributed by atoms with Crippen molar-refractivity contribution >= 4 is 23.1 Å². The van der Waals surface area contributed by atoms with Crippen LogP contribution in [0.1, 0.15) is 17.3 Å². The molecule has 2 aromatic carbocycles. The number of benzene rings is 2. The highest BCUT2D eigenvalue weighted by molar-refractivity contribution is 6.51. The number of para-hydroxylation sites is 3. The molecule has 1 amide bonds. The van der Waals surface area contributed by atoms with Crippen molar-refractivity contribution in [1.29, 1.82) is 0 Å². The molecule has 2 heterocycles. The molecule has 0 spiro atoms. The van der Waals surface area contributed by atoms with Gasteiger partial charge in [-0.2, -0.15) is 0 Å². The van der Waals surface area contributed by atoms with E-state index in [0.717, 1.165) is 0 Å². The molecule has 1 aromatic heterocycles. The van der Waals surface area contributed by atoms with Crippen LogP contribution in [0.25, 0.3) is 5.76 Å². The third-order valence-electron chi connectivity index (χ3n) is 5.12. The molecule has 1 aliphatic heterocycles. The van der Waals surface area contributed by atoms with Gasteiger partial charge >= 0.3 is 0 Å². The third kappa shape index (κ3) is 3.40. The smallest absolute Gasteiger partial charge is 0.300 e. The summed E-state index contributed by atoms with van der Waals surface area (Å²) in [4.78, 5) is 32.0. The van der Waals surface area contributed by atoms with Crippen molar-refractivity contribution in [2.24, 2.45) is 0 Å². The van der Waals surface area contributed by atoms with Crippen molar-refractivity contribution < 1.29 is 24.2 Å². The van der Waals surface area contributed by atoms with Crippen LogP contribution in [0.4, 0.5) is 5.69 Å². The summed E-state index contributed by atoms with van der Waals surface area (Å²) < 4.78 is 10.8. The number of carbonyl (C=O) groups is 2. The predicted octanol–water partition coefficient (Wildman–Crippen LogP) is 3.73. The molecule has 7 heteroatoms. The number of rotatable bonds is 5. The average molecular weight is 416 g/mol. The van der Waals surface area contributed by atoms with Gasteiger partial charge in [-0.3, -0.25) is 19.5 Å². The van der Waals surface area contributed by atoms with Gasteiger partial charge in [0.15, 0.2) is 0 Å². The second-order valence-electron chi connectivity index (χ2n) is 6.80. The zero-order valence-corrected chi connectivity index (χ0v) is 17.0. The van der Waals surface area contributed by atoms with Crippen molar-refractivity contribution in [3.8, 4) is 11.5 Å². The van der Waals surface area contributed by atoms with Crippen molar-refractivity contribution in [3.05, 3.63) is 89.8 Å². The van der Waals surface area contributed by atoms with Crippen LogP contribution >= 0.6 is 0 Å². The molecular formula is C24H20N2O5. The monoisotopic (exact) mass is 416 g/mol. The van der Waals surface area contributed by atoms with Crippen LogP contribution in [-0.4, -0.2) is 36.0 Å². The fourth-order valence-electron chi connectivity index (χ4n) is 3.71. The quantitative estimate of drug-likeness (QED) is 0.387. The minimum atomic E-state index is -0.942. The molecule has 1 fully saturated rings. The zero-order chi connectivity index (χ0) is 22.0. The van der Waals surface area contributed by atoms with Gasteiger partial charge in [-0.05, 0) is 36.4 Å². The van der Waals surface area contributed by atoms with E-state index in [1.54, 1.807) is 72.9 Å². The molecule has 0 saturated carbocycles. The maximum atomic E-state index is 13.2. The summed E-state index contributed by atoms with van der Waals surface area (Å²) in [5, 5.41) is 11.2. The van der Waals surface area contributed by atoms with E-state index in [0.29, 0.717) is 28.4 Å². The van der Waals surface area contributed by atoms with E-state index in [4.69, 9.17) is 9.47 Å². The number of hydrogen-bond acceptors (Lipinski definition) is 6. The SMILES string of the molecule is COc1ccccc1/C(O)=C1/C(=O)C(=O)N(c2ccccc2OC)C1c1ccccn1. The van der Waals surface area contributed by atoms with Gasteiger partial charge in [-0.15, -0.1) is 0 Å². The number of Topliss-reactive ketones (excluding diaryl/α,β-unsaturated/α-hetero) is 1. The Hall–Kier alpha value is -4.13. The Morgan fingerprint density at radius 3 is 2.23 bits per heavy atom. The number of hydrogen-bond donors (Lipinski definition) is 1. The van der Waals surface area contributed by atoms with Crippen LogP contribution in [0.15, 0.2) is 78.5 Å². The van der Waals surface area contributed by atoms with E-state index < -0.39 is 17.7 Å². The lowest BCUT2D eigenvalue weighted by Crippen LogP contribution is -2.30. The van der Waals surface area contributed by atoms with E-state index in [1.165, 1.54) is 19.1 Å². The number of carbonyl (C=O) groups excluding carboxylic acids is 2. The van der Waals surface area contributed by atoms with Crippen molar-refractivity contribution in [2.45, 2.75) is 6.04 Å². The topological polar surface area (TPSA) is 89.0 Å². The molecule has 1 aliphatic rings. The highest BCUT2D eigenvalue weighted by Gasteiger charge is 2.48. The molecule has 1 unspecified atom stereocenters. The summed E-state index contributed by atoms with van der Waals surface area (Å²) in [5.74, 6) is -1.13. The van der Waals surface area contributed by atoms with Gasteiger partial charge in [-0.25, -0.2) is 0 Å². The normalized spacial score (nSPS) is 17.6. The summed E-state index contributed by atoms with van der Waals surface area (Å²) in [6.07, 6.45) is 1.57. The number of ketones is 1. The first-order valence-electron chi connectivity index (χ1n) is 9.56. The van der Waals surface area contributed by atoms with E-state index in [-0.39, 0.29) is 11.3 Å². The van der Waals surface area contributed by atoms with Gasteiger partial charge in [-0.1, -0.05) is 30.3 Å². The molecule has 3 aromatic rings. The van der Waals surface area contributed by atoms with Crippen LogP contribution in [0.5, 0.6) is 11.5 Å². The number of nitrogens with zero attached hydrogens (tertiary/aromatic N) is 2. The van der Waals surface area contributed by atoms with E-state index >= 15 is 0 Å². The maximum Gasteiger partial charge on any atom is 0.300 e. The van der Waals surface area contributed by atoms with Gasteiger partial charge < -0.3 is 14.6 Å². The Bertz CT molecular complexity index is 1170.